The van der Waals surface area contributed by atoms with Gasteiger partial charge in [-0.2, -0.15) is 0 Å². The van der Waals surface area contributed by atoms with Crippen LogP contribution in [-0.4, -0.2) is 35.7 Å². The Morgan fingerprint density at radius 1 is 1.03 bits per heavy atom. The van der Waals surface area contributed by atoms with E-state index >= 15 is 0 Å². The van der Waals surface area contributed by atoms with Gasteiger partial charge in [0.1, 0.15) is 10.8 Å². The number of rotatable bonds is 5. The maximum absolute atomic E-state index is 5.83. The summed E-state index contributed by atoms with van der Waals surface area (Å²) in [6.45, 7) is 0.957. The fraction of sp³-hybridized carbons (Fsp3) is 0.296. The molecule has 0 spiro atoms. The third-order valence-corrected chi connectivity index (χ3v) is 8.03. The maximum Gasteiger partial charge on any atom is 0.124 e. The standard InChI is InChI=1S/C27H27N3OS/c1-31-24-16-23-25(32-27(29-23)19-10-6-3-7-11-19)15-20(24)14-21-12-13-22-26(30(21)17-28-22)18-8-4-2-5-9-18/h2-11,15-16,21-22,26,28H,12-14,17H2,1H3. The van der Waals surface area contributed by atoms with Crippen LogP contribution >= 0.6 is 11.3 Å². The average Bonchev–Trinajstić information content (AvgIpc) is 3.41. The average molecular weight is 442 g/mol. The molecule has 4 nitrogen and oxygen atoms in total. The summed E-state index contributed by atoms with van der Waals surface area (Å²) in [5.41, 5.74) is 4.89. The largest absolute Gasteiger partial charge is 0.496 e. The van der Waals surface area contributed by atoms with Gasteiger partial charge in [-0.1, -0.05) is 60.7 Å². The second kappa shape index (κ2) is 8.32. The molecule has 1 N–H and O–H groups in total. The van der Waals surface area contributed by atoms with Crippen LogP contribution in [0.15, 0.2) is 72.8 Å². The molecule has 2 aliphatic rings. The van der Waals surface area contributed by atoms with Crippen molar-refractivity contribution in [1.82, 2.24) is 15.2 Å². The number of benzene rings is 3. The van der Waals surface area contributed by atoms with E-state index in [-0.39, 0.29) is 0 Å². The number of methoxy groups -OCH3 is 1. The Labute approximate surface area is 192 Å². The Kier molecular flexibility index (Phi) is 5.18. The summed E-state index contributed by atoms with van der Waals surface area (Å²) in [6, 6.07) is 27.3. The molecular weight excluding hydrogens is 414 g/mol. The normalized spacial score (nSPS) is 24.7. The summed E-state index contributed by atoms with van der Waals surface area (Å²) >= 11 is 1.77. The molecular formula is C27H27N3OS. The van der Waals surface area contributed by atoms with Crippen LogP contribution in [0.3, 0.4) is 0 Å². The molecule has 6 rings (SSSR count). The van der Waals surface area contributed by atoms with Crippen LogP contribution in [0.2, 0.25) is 0 Å². The first kappa shape index (κ1) is 19.9. The summed E-state index contributed by atoms with van der Waals surface area (Å²) in [5.74, 6) is 0.952. The molecule has 0 radical (unpaired) electrons. The molecule has 4 atom stereocenters. The lowest BCUT2D eigenvalue weighted by atomic mass is 9.86. The van der Waals surface area contributed by atoms with Gasteiger partial charge in [0.15, 0.2) is 0 Å². The van der Waals surface area contributed by atoms with E-state index < -0.39 is 0 Å². The van der Waals surface area contributed by atoms with Crippen LogP contribution < -0.4 is 10.1 Å². The smallest absolute Gasteiger partial charge is 0.124 e. The minimum atomic E-state index is 0.456. The van der Waals surface area contributed by atoms with E-state index in [1.54, 1.807) is 18.4 Å². The summed E-state index contributed by atoms with van der Waals surface area (Å²) in [5, 5.41) is 4.81. The first-order valence-electron chi connectivity index (χ1n) is 11.4. The van der Waals surface area contributed by atoms with Gasteiger partial charge in [0, 0.05) is 30.4 Å². The Bertz CT molecular complexity index is 1220. The number of fused-ring (bicyclic) bond motifs is 3. The minimum absolute atomic E-state index is 0.456. The number of hydrogen-bond acceptors (Lipinski definition) is 5. The van der Waals surface area contributed by atoms with Crippen molar-refractivity contribution in [2.75, 3.05) is 13.8 Å². The number of nitrogens with zero attached hydrogens (tertiary/aromatic N) is 2. The molecule has 2 aliphatic heterocycles. The van der Waals surface area contributed by atoms with Crippen molar-refractivity contribution in [3.8, 4) is 16.3 Å². The minimum Gasteiger partial charge on any atom is -0.496 e. The van der Waals surface area contributed by atoms with Crippen LogP contribution in [0, 0.1) is 0 Å². The van der Waals surface area contributed by atoms with Gasteiger partial charge in [-0.05, 0) is 36.5 Å². The highest BCUT2D eigenvalue weighted by Crippen LogP contribution is 2.41. The number of ether oxygens (including phenoxy) is 1. The zero-order chi connectivity index (χ0) is 21.5. The third kappa shape index (κ3) is 3.51. The Morgan fingerprint density at radius 2 is 1.81 bits per heavy atom. The molecule has 0 amide bonds. The fourth-order valence-corrected chi connectivity index (χ4v) is 6.43. The zero-order valence-electron chi connectivity index (χ0n) is 18.2. The van der Waals surface area contributed by atoms with E-state index in [1.165, 1.54) is 34.2 Å². The van der Waals surface area contributed by atoms with Crippen LogP contribution in [0.1, 0.15) is 30.0 Å². The first-order chi connectivity index (χ1) is 15.8. The van der Waals surface area contributed by atoms with Crippen molar-refractivity contribution >= 4 is 21.6 Å². The van der Waals surface area contributed by atoms with Crippen LogP contribution in [0.25, 0.3) is 20.8 Å². The Morgan fingerprint density at radius 3 is 2.59 bits per heavy atom. The number of thiazole rings is 1. The molecule has 2 saturated heterocycles. The number of aromatic nitrogens is 1. The molecule has 2 bridgehead atoms. The first-order valence-corrected chi connectivity index (χ1v) is 12.2. The third-order valence-electron chi connectivity index (χ3n) is 6.96. The van der Waals surface area contributed by atoms with Crippen molar-refractivity contribution in [3.05, 3.63) is 83.9 Å². The molecule has 32 heavy (non-hydrogen) atoms. The van der Waals surface area contributed by atoms with Gasteiger partial charge < -0.3 is 4.74 Å². The SMILES string of the molecule is COc1cc2nc(-c3ccccc3)sc2cc1CC1CCC2NCN1C2c1ccccc1. The van der Waals surface area contributed by atoms with Crippen molar-refractivity contribution in [1.29, 1.82) is 0 Å². The molecule has 0 saturated carbocycles. The van der Waals surface area contributed by atoms with Crippen LogP contribution in [0.4, 0.5) is 0 Å². The molecule has 162 valence electrons. The van der Waals surface area contributed by atoms with E-state index in [0.29, 0.717) is 18.1 Å². The van der Waals surface area contributed by atoms with Crippen molar-refractivity contribution in [3.63, 3.8) is 0 Å². The van der Waals surface area contributed by atoms with Gasteiger partial charge in [-0.15, -0.1) is 11.3 Å². The van der Waals surface area contributed by atoms with Crippen molar-refractivity contribution in [2.24, 2.45) is 0 Å². The van der Waals surface area contributed by atoms with Crippen LogP contribution in [-0.2, 0) is 6.42 Å². The maximum atomic E-state index is 5.83. The highest BCUT2D eigenvalue weighted by atomic mass is 32.1. The molecule has 5 heteroatoms. The molecule has 0 aliphatic carbocycles. The van der Waals surface area contributed by atoms with E-state index in [4.69, 9.17) is 9.72 Å². The summed E-state index contributed by atoms with van der Waals surface area (Å²) < 4.78 is 7.06. The fourth-order valence-electron chi connectivity index (χ4n) is 5.42. The monoisotopic (exact) mass is 441 g/mol. The van der Waals surface area contributed by atoms with E-state index in [1.807, 2.05) is 6.07 Å². The van der Waals surface area contributed by atoms with Gasteiger partial charge >= 0.3 is 0 Å². The second-order valence-electron chi connectivity index (χ2n) is 8.79. The second-order valence-corrected chi connectivity index (χ2v) is 9.82. The summed E-state index contributed by atoms with van der Waals surface area (Å²) in [6.07, 6.45) is 3.42. The predicted octanol–water partition coefficient (Wildman–Crippen LogP) is 5.65. The molecule has 3 heterocycles. The summed E-state index contributed by atoms with van der Waals surface area (Å²) in [4.78, 5) is 7.55. The Balaban J connectivity index is 1.32. The quantitative estimate of drug-likeness (QED) is 0.434. The van der Waals surface area contributed by atoms with Gasteiger partial charge in [0.25, 0.3) is 0 Å². The van der Waals surface area contributed by atoms with E-state index in [2.05, 4.69) is 76.9 Å². The predicted molar refractivity (Wildman–Crippen MR) is 131 cm³/mol. The van der Waals surface area contributed by atoms with Crippen LogP contribution in [0.5, 0.6) is 5.75 Å². The summed E-state index contributed by atoms with van der Waals surface area (Å²) in [7, 11) is 1.77. The molecule has 1 aromatic heterocycles. The number of nitrogens with one attached hydrogen (secondary N) is 1. The van der Waals surface area contributed by atoms with Crippen molar-refractivity contribution < 1.29 is 4.74 Å². The highest BCUT2D eigenvalue weighted by molar-refractivity contribution is 7.21. The molecule has 2 fully saturated rings. The van der Waals surface area contributed by atoms with Gasteiger partial charge in [-0.3, -0.25) is 10.2 Å². The van der Waals surface area contributed by atoms with E-state index in [0.717, 1.165) is 29.4 Å². The van der Waals surface area contributed by atoms with E-state index in [9.17, 15) is 0 Å². The zero-order valence-corrected chi connectivity index (χ0v) is 19.0. The lowest BCUT2D eigenvalue weighted by molar-refractivity contribution is 0.128. The van der Waals surface area contributed by atoms with Gasteiger partial charge in [0.2, 0.25) is 0 Å². The Hall–Kier alpha value is -2.73. The number of hydrogen-bond donors (Lipinski definition) is 1. The lowest BCUT2D eigenvalue weighted by Gasteiger charge is -2.39. The molecule has 3 aromatic carbocycles. The highest BCUT2D eigenvalue weighted by Gasteiger charge is 2.42. The van der Waals surface area contributed by atoms with Gasteiger partial charge in [0.05, 0.1) is 23.4 Å². The molecule has 4 unspecified atom stereocenters. The van der Waals surface area contributed by atoms with Crippen molar-refractivity contribution in [2.45, 2.75) is 37.4 Å². The number of piperidine rings is 1. The molecule has 4 aromatic rings. The lowest BCUT2D eigenvalue weighted by Crippen LogP contribution is -2.42. The topological polar surface area (TPSA) is 37.4 Å². The van der Waals surface area contributed by atoms with Gasteiger partial charge in [-0.25, -0.2) is 4.98 Å².